The number of nitrogens with zero attached hydrogens (tertiary/aromatic N) is 3. The molecule has 1 unspecified atom stereocenters. The van der Waals surface area contributed by atoms with Crippen LogP contribution in [-0.2, 0) is 0 Å². The third kappa shape index (κ3) is 4.99. The Kier molecular flexibility index (Phi) is 6.63. The Labute approximate surface area is 200 Å². The second-order valence-electron chi connectivity index (χ2n) is 9.69. The number of pyridine rings is 1. The fourth-order valence-corrected chi connectivity index (χ4v) is 4.91. The minimum absolute atomic E-state index is 0.133. The van der Waals surface area contributed by atoms with Crippen LogP contribution in [-0.4, -0.2) is 41.0 Å². The summed E-state index contributed by atoms with van der Waals surface area (Å²) in [6.45, 7) is 5.23. The lowest BCUT2D eigenvalue weighted by Crippen LogP contribution is -2.47. The van der Waals surface area contributed by atoms with Crippen LogP contribution in [0.1, 0.15) is 61.1 Å². The van der Waals surface area contributed by atoms with Crippen molar-refractivity contribution in [2.24, 2.45) is 5.92 Å². The molecule has 3 heterocycles. The van der Waals surface area contributed by atoms with Crippen LogP contribution in [0, 0.1) is 5.92 Å². The molecule has 5 rings (SSSR count). The molecule has 2 atom stereocenters. The van der Waals surface area contributed by atoms with Gasteiger partial charge in [0.15, 0.2) is 0 Å². The number of anilines is 1. The van der Waals surface area contributed by atoms with Gasteiger partial charge in [-0.15, -0.1) is 0 Å². The van der Waals surface area contributed by atoms with Crippen LogP contribution in [0.2, 0.25) is 0 Å². The largest absolute Gasteiger partial charge is 0.370 e. The van der Waals surface area contributed by atoms with E-state index in [9.17, 15) is 9.59 Å². The lowest BCUT2D eigenvalue weighted by atomic mass is 9.85. The van der Waals surface area contributed by atoms with Gasteiger partial charge in [-0.05, 0) is 74.9 Å². The van der Waals surface area contributed by atoms with Gasteiger partial charge in [-0.2, -0.15) is 0 Å². The molecule has 2 N–H and O–H groups in total. The highest BCUT2D eigenvalue weighted by Crippen LogP contribution is 2.26. The van der Waals surface area contributed by atoms with E-state index in [0.717, 1.165) is 31.1 Å². The maximum atomic E-state index is 12.8. The number of rotatable bonds is 7. The summed E-state index contributed by atoms with van der Waals surface area (Å²) in [5.74, 6) is 0.534. The second kappa shape index (κ2) is 9.97. The predicted molar refractivity (Wildman–Crippen MR) is 134 cm³/mol. The fourth-order valence-electron chi connectivity index (χ4n) is 4.91. The van der Waals surface area contributed by atoms with Crippen LogP contribution in [0.4, 0.5) is 5.69 Å². The molecule has 178 valence electrons. The molecular formula is C27H33N5O2. The average Bonchev–Trinajstić information content (AvgIpc) is 2.83. The lowest BCUT2D eigenvalue weighted by Gasteiger charge is -2.36. The summed E-state index contributed by atoms with van der Waals surface area (Å²) in [6.07, 6.45) is 8.25. The molecule has 7 nitrogen and oxygen atoms in total. The first kappa shape index (κ1) is 22.6. The fraction of sp³-hybridized carbons (Fsp3) is 0.444. The Bertz CT molecular complexity index is 1200. The Hall–Kier alpha value is -3.19. The Morgan fingerprint density at radius 1 is 1.12 bits per heavy atom. The summed E-state index contributed by atoms with van der Waals surface area (Å²) >= 11 is 0. The number of fused-ring (bicyclic) bond motifs is 1. The van der Waals surface area contributed by atoms with E-state index in [2.05, 4.69) is 44.8 Å². The molecule has 1 aliphatic heterocycles. The molecule has 0 spiro atoms. The lowest BCUT2D eigenvalue weighted by molar-refractivity contribution is 0.0935. The molecule has 1 aromatic carbocycles. The number of carbonyl (C=O) groups is 1. The Morgan fingerprint density at radius 3 is 2.71 bits per heavy atom. The van der Waals surface area contributed by atoms with E-state index in [1.54, 1.807) is 24.4 Å². The van der Waals surface area contributed by atoms with E-state index in [1.807, 2.05) is 6.92 Å². The van der Waals surface area contributed by atoms with E-state index in [1.165, 1.54) is 48.3 Å². The smallest absolute Gasteiger partial charge is 0.270 e. The van der Waals surface area contributed by atoms with Gasteiger partial charge in [0.2, 0.25) is 0 Å². The summed E-state index contributed by atoms with van der Waals surface area (Å²) in [4.78, 5) is 31.9. The third-order valence-corrected chi connectivity index (χ3v) is 7.25. The summed E-state index contributed by atoms with van der Waals surface area (Å²) in [5, 5.41) is 6.76. The first-order chi connectivity index (χ1) is 16.6. The summed E-state index contributed by atoms with van der Waals surface area (Å²) in [6, 6.07) is 15.4. The van der Waals surface area contributed by atoms with E-state index >= 15 is 0 Å². The van der Waals surface area contributed by atoms with Gasteiger partial charge >= 0.3 is 0 Å². The molecule has 1 aliphatic carbocycles. The number of amides is 1. The molecule has 1 amide bonds. The first-order valence-corrected chi connectivity index (χ1v) is 12.4. The summed E-state index contributed by atoms with van der Waals surface area (Å²) in [7, 11) is 0. The summed E-state index contributed by atoms with van der Waals surface area (Å²) in [5.41, 5.74) is 2.57. The Balaban J connectivity index is 1.20. The minimum Gasteiger partial charge on any atom is -0.370 e. The number of nitrogens with one attached hydrogen (secondary N) is 2. The highest BCUT2D eigenvalue weighted by molar-refractivity contribution is 5.92. The molecule has 34 heavy (non-hydrogen) atoms. The summed E-state index contributed by atoms with van der Waals surface area (Å²) < 4.78 is 1.42. The van der Waals surface area contributed by atoms with Crippen molar-refractivity contribution >= 4 is 17.2 Å². The SMILES string of the molecule is CC(NC(=O)c1cc(=O)n2ccccc2n1)c1ccc(N2CCC[C@@H](NCC3CCC3)C2)cc1. The van der Waals surface area contributed by atoms with Crippen LogP contribution >= 0.6 is 0 Å². The van der Waals surface area contributed by atoms with E-state index in [0.29, 0.717) is 11.7 Å². The van der Waals surface area contributed by atoms with E-state index in [-0.39, 0.29) is 23.2 Å². The van der Waals surface area contributed by atoms with Crippen molar-refractivity contribution < 1.29 is 4.79 Å². The van der Waals surface area contributed by atoms with Gasteiger partial charge < -0.3 is 15.5 Å². The van der Waals surface area contributed by atoms with Gasteiger partial charge in [0.25, 0.3) is 11.5 Å². The van der Waals surface area contributed by atoms with Crippen molar-refractivity contribution in [3.8, 4) is 0 Å². The standard InChI is InChI=1S/C27H33N5O2/c1-19(29-27(34)24-16-26(33)32-15-3-2-9-25(32)30-24)21-10-12-23(13-11-21)31-14-5-8-22(18-31)28-17-20-6-4-7-20/h2-3,9-13,15-16,19-20,22,28H,4-8,14,17-18H2,1H3,(H,29,34)/t19?,22-/m1/s1. The number of carbonyl (C=O) groups excluding carboxylic acids is 1. The molecule has 1 saturated heterocycles. The number of aromatic nitrogens is 2. The third-order valence-electron chi connectivity index (χ3n) is 7.25. The zero-order valence-corrected chi connectivity index (χ0v) is 19.7. The quantitative estimate of drug-likeness (QED) is 0.565. The zero-order chi connectivity index (χ0) is 23.5. The number of hydrogen-bond donors (Lipinski definition) is 2. The molecule has 0 bridgehead atoms. The first-order valence-electron chi connectivity index (χ1n) is 12.4. The molecule has 2 aromatic heterocycles. The van der Waals surface area contributed by atoms with Crippen LogP contribution in [0.15, 0.2) is 59.5 Å². The highest BCUT2D eigenvalue weighted by atomic mass is 16.2. The van der Waals surface area contributed by atoms with Gasteiger partial charge in [0, 0.05) is 37.1 Å². The van der Waals surface area contributed by atoms with E-state index in [4.69, 9.17) is 0 Å². The molecule has 1 saturated carbocycles. The van der Waals surface area contributed by atoms with Crippen molar-refractivity contribution in [3.05, 3.63) is 76.3 Å². The van der Waals surface area contributed by atoms with Crippen LogP contribution in [0.25, 0.3) is 5.65 Å². The maximum Gasteiger partial charge on any atom is 0.270 e. The van der Waals surface area contributed by atoms with Crippen molar-refractivity contribution in [1.29, 1.82) is 0 Å². The molecule has 3 aromatic rings. The van der Waals surface area contributed by atoms with Gasteiger partial charge in [-0.3, -0.25) is 14.0 Å². The van der Waals surface area contributed by atoms with Crippen molar-refractivity contribution in [2.75, 3.05) is 24.5 Å². The predicted octanol–water partition coefficient (Wildman–Crippen LogP) is 3.54. The second-order valence-corrected chi connectivity index (χ2v) is 9.69. The molecule has 2 aliphatic rings. The molecule has 2 fully saturated rings. The molecular weight excluding hydrogens is 426 g/mol. The normalized spacial score (nSPS) is 19.6. The van der Waals surface area contributed by atoms with Crippen LogP contribution in [0.3, 0.4) is 0 Å². The molecule has 7 heteroatoms. The average molecular weight is 460 g/mol. The number of benzene rings is 1. The monoisotopic (exact) mass is 459 g/mol. The number of hydrogen-bond acceptors (Lipinski definition) is 5. The topological polar surface area (TPSA) is 78.7 Å². The van der Waals surface area contributed by atoms with Gasteiger partial charge in [0.05, 0.1) is 6.04 Å². The van der Waals surface area contributed by atoms with Crippen molar-refractivity contribution in [2.45, 2.75) is 51.1 Å². The van der Waals surface area contributed by atoms with Crippen molar-refractivity contribution in [1.82, 2.24) is 20.0 Å². The van der Waals surface area contributed by atoms with E-state index < -0.39 is 0 Å². The maximum absolute atomic E-state index is 12.8. The molecule has 0 radical (unpaired) electrons. The van der Waals surface area contributed by atoms with Gasteiger partial charge in [-0.25, -0.2) is 4.98 Å². The number of piperidine rings is 1. The van der Waals surface area contributed by atoms with Crippen molar-refractivity contribution in [3.63, 3.8) is 0 Å². The van der Waals surface area contributed by atoms with Gasteiger partial charge in [-0.1, -0.05) is 24.6 Å². The minimum atomic E-state index is -0.351. The zero-order valence-electron chi connectivity index (χ0n) is 19.7. The highest BCUT2D eigenvalue weighted by Gasteiger charge is 2.23. The van der Waals surface area contributed by atoms with Crippen LogP contribution in [0.5, 0.6) is 0 Å². The van der Waals surface area contributed by atoms with Gasteiger partial charge in [0.1, 0.15) is 11.3 Å². The Morgan fingerprint density at radius 2 is 1.94 bits per heavy atom. The van der Waals surface area contributed by atoms with Crippen LogP contribution < -0.4 is 21.1 Å².